The number of benzene rings is 1. The van der Waals surface area contributed by atoms with Crippen molar-refractivity contribution in [1.29, 1.82) is 0 Å². The lowest BCUT2D eigenvalue weighted by molar-refractivity contribution is 0.182. The third-order valence-electron chi connectivity index (χ3n) is 4.58. The monoisotopic (exact) mass is 272 g/mol. The van der Waals surface area contributed by atoms with Crippen LogP contribution in [0.4, 0.5) is 10.5 Å². The number of aryl methyl sites for hydroxylation is 1. The van der Waals surface area contributed by atoms with Crippen LogP contribution in [-0.2, 0) is 12.8 Å². The van der Waals surface area contributed by atoms with Crippen LogP contribution < -0.4 is 5.32 Å². The predicted molar refractivity (Wildman–Crippen MR) is 82.1 cm³/mol. The molecule has 2 aliphatic rings. The van der Waals surface area contributed by atoms with E-state index < -0.39 is 0 Å². The molecule has 108 valence electrons. The molecule has 2 amide bonds. The Bertz CT molecular complexity index is 498. The molecule has 3 rings (SSSR count). The van der Waals surface area contributed by atoms with Crippen LogP contribution >= 0.6 is 0 Å². The number of rotatable bonds is 1. The lowest BCUT2D eigenvalue weighted by Gasteiger charge is -2.31. The number of hydrogen-bond donors (Lipinski definition) is 1. The van der Waals surface area contributed by atoms with Gasteiger partial charge in [-0.1, -0.05) is 19.1 Å². The van der Waals surface area contributed by atoms with E-state index in [-0.39, 0.29) is 6.03 Å². The van der Waals surface area contributed by atoms with Gasteiger partial charge in [-0.2, -0.15) is 0 Å². The van der Waals surface area contributed by atoms with Crippen molar-refractivity contribution < 1.29 is 4.79 Å². The van der Waals surface area contributed by atoms with Crippen LogP contribution in [0.25, 0.3) is 0 Å². The van der Waals surface area contributed by atoms with Crippen molar-refractivity contribution in [2.24, 2.45) is 5.92 Å². The predicted octanol–water partition coefficient (Wildman–Crippen LogP) is 3.83. The minimum atomic E-state index is 0.0792. The molecular weight excluding hydrogens is 248 g/mol. The minimum absolute atomic E-state index is 0.0792. The number of likely N-dealkylation sites (tertiary alicyclic amines) is 1. The Morgan fingerprint density at radius 1 is 1.25 bits per heavy atom. The van der Waals surface area contributed by atoms with Crippen molar-refractivity contribution in [3.05, 3.63) is 29.3 Å². The molecule has 1 aromatic carbocycles. The maximum absolute atomic E-state index is 12.4. The van der Waals surface area contributed by atoms with Gasteiger partial charge in [0.05, 0.1) is 0 Å². The number of nitrogens with zero attached hydrogens (tertiary/aromatic N) is 1. The zero-order valence-corrected chi connectivity index (χ0v) is 12.3. The first kappa shape index (κ1) is 13.5. The number of carbonyl (C=O) groups excluding carboxylic acids is 1. The topological polar surface area (TPSA) is 32.3 Å². The number of nitrogens with one attached hydrogen (secondary N) is 1. The molecule has 1 N–H and O–H groups in total. The number of hydrogen-bond acceptors (Lipinski definition) is 1. The van der Waals surface area contributed by atoms with Gasteiger partial charge in [0.2, 0.25) is 0 Å². The van der Waals surface area contributed by atoms with E-state index >= 15 is 0 Å². The summed E-state index contributed by atoms with van der Waals surface area (Å²) in [5.41, 5.74) is 3.81. The van der Waals surface area contributed by atoms with Crippen molar-refractivity contribution in [1.82, 2.24) is 4.90 Å². The molecule has 3 nitrogen and oxygen atoms in total. The molecule has 0 saturated carbocycles. The molecule has 0 aromatic heterocycles. The minimum Gasteiger partial charge on any atom is -0.324 e. The summed E-state index contributed by atoms with van der Waals surface area (Å²) in [6.07, 6.45) is 7.13. The van der Waals surface area contributed by atoms with Crippen molar-refractivity contribution in [3.8, 4) is 0 Å². The molecule has 1 saturated heterocycles. The summed E-state index contributed by atoms with van der Waals surface area (Å²) in [5.74, 6) is 0.624. The van der Waals surface area contributed by atoms with Gasteiger partial charge < -0.3 is 10.2 Å². The van der Waals surface area contributed by atoms with Crippen molar-refractivity contribution in [2.45, 2.75) is 45.4 Å². The molecule has 0 radical (unpaired) electrons. The smallest absolute Gasteiger partial charge is 0.321 e. The first-order chi connectivity index (χ1) is 9.74. The fraction of sp³-hybridized carbons (Fsp3) is 0.588. The number of piperidine rings is 1. The van der Waals surface area contributed by atoms with Gasteiger partial charge in [0, 0.05) is 18.8 Å². The molecule has 1 aromatic rings. The number of urea groups is 1. The van der Waals surface area contributed by atoms with Gasteiger partial charge in [-0.25, -0.2) is 4.79 Å². The zero-order valence-electron chi connectivity index (χ0n) is 12.3. The summed E-state index contributed by atoms with van der Waals surface area (Å²) in [5, 5.41) is 3.15. The summed E-state index contributed by atoms with van der Waals surface area (Å²) < 4.78 is 0. The SMILES string of the molecule is CC1CCCN(C(=O)Nc2cccc3c2CCCC3)C1. The van der Waals surface area contributed by atoms with Gasteiger partial charge in [0.15, 0.2) is 0 Å². The first-order valence-corrected chi connectivity index (χ1v) is 7.91. The van der Waals surface area contributed by atoms with E-state index in [9.17, 15) is 4.79 Å². The van der Waals surface area contributed by atoms with Crippen molar-refractivity contribution >= 4 is 11.7 Å². The van der Waals surface area contributed by atoms with Gasteiger partial charge in [-0.05, 0) is 61.6 Å². The third-order valence-corrected chi connectivity index (χ3v) is 4.58. The Balaban J connectivity index is 1.72. The van der Waals surface area contributed by atoms with E-state index in [0.717, 1.165) is 38.0 Å². The average molecular weight is 272 g/mol. The summed E-state index contributed by atoms with van der Waals surface area (Å²) in [6.45, 7) is 4.01. The highest BCUT2D eigenvalue weighted by atomic mass is 16.2. The molecule has 1 heterocycles. The molecule has 0 spiro atoms. The summed E-state index contributed by atoms with van der Waals surface area (Å²) in [7, 11) is 0. The molecule has 1 atom stereocenters. The highest BCUT2D eigenvalue weighted by molar-refractivity contribution is 5.90. The maximum Gasteiger partial charge on any atom is 0.321 e. The highest BCUT2D eigenvalue weighted by Crippen LogP contribution is 2.28. The van der Waals surface area contributed by atoms with Gasteiger partial charge in [-0.3, -0.25) is 0 Å². The number of amides is 2. The Labute approximate surface area is 121 Å². The molecule has 1 aliphatic carbocycles. The van der Waals surface area contributed by atoms with Crippen molar-refractivity contribution in [2.75, 3.05) is 18.4 Å². The summed E-state index contributed by atoms with van der Waals surface area (Å²) in [6, 6.07) is 6.40. The van der Waals surface area contributed by atoms with Crippen LogP contribution in [0.3, 0.4) is 0 Å². The molecule has 3 heteroatoms. The van der Waals surface area contributed by atoms with Crippen molar-refractivity contribution in [3.63, 3.8) is 0 Å². The van der Waals surface area contributed by atoms with Crippen LogP contribution in [-0.4, -0.2) is 24.0 Å². The number of anilines is 1. The Kier molecular flexibility index (Phi) is 3.95. The number of fused-ring (bicyclic) bond motifs is 1. The largest absolute Gasteiger partial charge is 0.324 e. The van der Waals surface area contributed by atoms with Crippen LogP contribution in [0, 0.1) is 5.92 Å². The molecule has 1 unspecified atom stereocenters. The molecular formula is C17H24N2O. The second-order valence-electron chi connectivity index (χ2n) is 6.27. The Hall–Kier alpha value is -1.51. The molecule has 1 aliphatic heterocycles. The molecule has 1 fully saturated rings. The maximum atomic E-state index is 12.4. The van der Waals surface area contributed by atoms with Crippen LogP contribution in [0.2, 0.25) is 0 Å². The van der Waals surface area contributed by atoms with E-state index in [2.05, 4.69) is 30.4 Å². The van der Waals surface area contributed by atoms with Crippen LogP contribution in [0.15, 0.2) is 18.2 Å². The normalized spacial score (nSPS) is 22.2. The fourth-order valence-corrected chi connectivity index (χ4v) is 3.47. The molecule has 0 bridgehead atoms. The molecule has 20 heavy (non-hydrogen) atoms. The zero-order chi connectivity index (χ0) is 13.9. The van der Waals surface area contributed by atoms with E-state index in [1.807, 2.05) is 4.90 Å². The Morgan fingerprint density at radius 3 is 2.95 bits per heavy atom. The van der Waals surface area contributed by atoms with Gasteiger partial charge >= 0.3 is 6.03 Å². The number of carbonyl (C=O) groups is 1. The lowest BCUT2D eigenvalue weighted by atomic mass is 9.90. The summed E-state index contributed by atoms with van der Waals surface area (Å²) >= 11 is 0. The first-order valence-electron chi connectivity index (χ1n) is 7.91. The Morgan fingerprint density at radius 2 is 2.10 bits per heavy atom. The van der Waals surface area contributed by atoms with Crippen LogP contribution in [0.5, 0.6) is 0 Å². The summed E-state index contributed by atoms with van der Waals surface area (Å²) in [4.78, 5) is 14.4. The van der Waals surface area contributed by atoms with Gasteiger partial charge in [0.25, 0.3) is 0 Å². The second-order valence-corrected chi connectivity index (χ2v) is 6.27. The van der Waals surface area contributed by atoms with Gasteiger partial charge in [-0.15, -0.1) is 0 Å². The van der Waals surface area contributed by atoms with E-state index in [1.165, 1.54) is 30.4 Å². The van der Waals surface area contributed by atoms with Gasteiger partial charge in [0.1, 0.15) is 0 Å². The second kappa shape index (κ2) is 5.86. The lowest BCUT2D eigenvalue weighted by Crippen LogP contribution is -2.41. The van der Waals surface area contributed by atoms with E-state index in [4.69, 9.17) is 0 Å². The van der Waals surface area contributed by atoms with Crippen LogP contribution in [0.1, 0.15) is 43.7 Å². The van der Waals surface area contributed by atoms with E-state index in [1.54, 1.807) is 0 Å². The van der Waals surface area contributed by atoms with E-state index in [0.29, 0.717) is 5.92 Å². The quantitative estimate of drug-likeness (QED) is 0.828. The third kappa shape index (κ3) is 2.82. The highest BCUT2D eigenvalue weighted by Gasteiger charge is 2.22. The fourth-order valence-electron chi connectivity index (χ4n) is 3.47. The average Bonchev–Trinajstić information content (AvgIpc) is 2.47. The standard InChI is InChI=1S/C17H24N2O/c1-13-6-5-11-19(12-13)17(20)18-16-10-4-8-14-7-2-3-9-15(14)16/h4,8,10,13H,2-3,5-7,9,11-12H2,1H3,(H,18,20).